The molecule has 0 unspecified atom stereocenters. The summed E-state index contributed by atoms with van der Waals surface area (Å²) in [5.41, 5.74) is 2.60. The number of hydrogen-bond donors (Lipinski definition) is 3. The summed E-state index contributed by atoms with van der Waals surface area (Å²) < 4.78 is 41.1. The van der Waals surface area contributed by atoms with Crippen molar-refractivity contribution in [3.8, 4) is 0 Å². The Labute approximate surface area is 225 Å². The third-order valence-corrected chi connectivity index (χ3v) is 6.53. The summed E-state index contributed by atoms with van der Waals surface area (Å²) in [6.45, 7) is 4.45. The number of aryl methyl sites for hydroxylation is 1. The number of alkyl halides is 3. The first kappa shape index (κ1) is 27.9. The molecule has 0 spiro atoms. The minimum atomic E-state index is -4.59. The van der Waals surface area contributed by atoms with Gasteiger partial charge in [0.15, 0.2) is 0 Å². The molecule has 0 atom stereocenters. The van der Waals surface area contributed by atoms with E-state index < -0.39 is 17.6 Å². The summed E-state index contributed by atoms with van der Waals surface area (Å²) in [5, 5.41) is 7.16. The minimum Gasteiger partial charge on any atom is -0.386 e. The number of benzene rings is 2. The molecule has 12 heteroatoms. The summed E-state index contributed by atoms with van der Waals surface area (Å²) in [5.74, 6) is 5.68. The number of likely N-dealkylation sites (N-methyl/N-ethyl adjacent to an activating group) is 1. The average molecular weight is 541 g/mol. The Kier molecular flexibility index (Phi) is 8.36. The van der Waals surface area contributed by atoms with E-state index in [1.807, 2.05) is 18.9 Å². The summed E-state index contributed by atoms with van der Waals surface area (Å²) in [7, 11) is 3.70. The van der Waals surface area contributed by atoms with Crippen molar-refractivity contribution >= 4 is 28.7 Å². The monoisotopic (exact) mass is 540 g/mol. The van der Waals surface area contributed by atoms with Crippen molar-refractivity contribution in [3.63, 3.8) is 0 Å². The fourth-order valence-electron chi connectivity index (χ4n) is 4.25. The van der Waals surface area contributed by atoms with E-state index in [1.165, 1.54) is 17.4 Å². The van der Waals surface area contributed by atoms with Gasteiger partial charge in [-0.25, -0.2) is 15.8 Å². The number of rotatable bonds is 7. The van der Waals surface area contributed by atoms with Crippen LogP contribution >= 0.6 is 0 Å². The zero-order valence-electron chi connectivity index (χ0n) is 22.0. The second kappa shape index (κ2) is 11.7. The standard InChI is InChI=1S/C27H31F3N8O/c1-18-4-5-22(13-25(18)38(31)16-24(32-2)20-14-33-17-34-15-20)35-26(39)19-10-21(27(28,29)30)12-23(11-19)37-8-6-36(3)7-9-37/h4-5,10-17,32H,6-9,31H2,1-3H3,(H,35,39)/b24-16-. The molecular weight excluding hydrogens is 509 g/mol. The maximum Gasteiger partial charge on any atom is 0.416 e. The summed E-state index contributed by atoms with van der Waals surface area (Å²) in [6.07, 6.45) is 1.76. The lowest BCUT2D eigenvalue weighted by molar-refractivity contribution is -0.137. The van der Waals surface area contributed by atoms with Crippen molar-refractivity contribution in [1.82, 2.24) is 20.2 Å². The molecule has 1 fully saturated rings. The van der Waals surface area contributed by atoms with E-state index in [-0.39, 0.29) is 5.56 Å². The van der Waals surface area contributed by atoms with Crippen LogP contribution < -0.4 is 26.4 Å². The smallest absolute Gasteiger partial charge is 0.386 e. The van der Waals surface area contributed by atoms with Gasteiger partial charge in [-0.2, -0.15) is 13.2 Å². The Balaban J connectivity index is 1.60. The van der Waals surface area contributed by atoms with Crippen LogP contribution in [-0.4, -0.2) is 61.0 Å². The lowest BCUT2D eigenvalue weighted by atomic mass is 10.1. The van der Waals surface area contributed by atoms with Crippen molar-refractivity contribution < 1.29 is 18.0 Å². The fourth-order valence-corrected chi connectivity index (χ4v) is 4.25. The van der Waals surface area contributed by atoms with Crippen molar-refractivity contribution in [2.75, 3.05) is 55.5 Å². The van der Waals surface area contributed by atoms with Crippen LogP contribution in [0.1, 0.15) is 27.0 Å². The van der Waals surface area contributed by atoms with E-state index >= 15 is 0 Å². The summed E-state index contributed by atoms with van der Waals surface area (Å²) >= 11 is 0. The van der Waals surface area contributed by atoms with Gasteiger partial charge in [-0.1, -0.05) is 6.07 Å². The molecule has 1 amide bonds. The van der Waals surface area contributed by atoms with E-state index in [0.29, 0.717) is 35.8 Å². The number of halogens is 3. The van der Waals surface area contributed by atoms with Crippen LogP contribution in [0.3, 0.4) is 0 Å². The van der Waals surface area contributed by atoms with Crippen molar-refractivity contribution in [3.05, 3.63) is 83.6 Å². The summed E-state index contributed by atoms with van der Waals surface area (Å²) in [6, 6.07) is 8.58. The van der Waals surface area contributed by atoms with Crippen molar-refractivity contribution in [1.29, 1.82) is 0 Å². The minimum absolute atomic E-state index is 0.0769. The van der Waals surface area contributed by atoms with Crippen molar-refractivity contribution in [2.24, 2.45) is 5.84 Å². The Bertz CT molecular complexity index is 1340. The van der Waals surface area contributed by atoms with Crippen LogP contribution in [0.4, 0.5) is 30.2 Å². The van der Waals surface area contributed by atoms with Gasteiger partial charge in [-0.3, -0.25) is 9.80 Å². The van der Waals surface area contributed by atoms with Gasteiger partial charge >= 0.3 is 6.18 Å². The van der Waals surface area contributed by atoms with Crippen LogP contribution in [-0.2, 0) is 6.18 Å². The predicted octanol–water partition coefficient (Wildman–Crippen LogP) is 3.71. The Morgan fingerprint density at radius 3 is 2.38 bits per heavy atom. The van der Waals surface area contributed by atoms with Gasteiger partial charge in [0.1, 0.15) is 6.33 Å². The van der Waals surface area contributed by atoms with E-state index in [9.17, 15) is 18.0 Å². The van der Waals surface area contributed by atoms with Crippen LogP contribution in [0.15, 0.2) is 61.3 Å². The normalized spacial score (nSPS) is 14.7. The summed E-state index contributed by atoms with van der Waals surface area (Å²) in [4.78, 5) is 25.2. The molecule has 0 radical (unpaired) electrons. The number of nitrogens with one attached hydrogen (secondary N) is 2. The third-order valence-electron chi connectivity index (χ3n) is 6.53. The highest BCUT2D eigenvalue weighted by Gasteiger charge is 2.32. The van der Waals surface area contributed by atoms with Crippen LogP contribution in [0, 0.1) is 6.92 Å². The number of amides is 1. The first-order valence-electron chi connectivity index (χ1n) is 12.3. The molecular formula is C27H31F3N8O. The molecule has 4 rings (SSSR count). The number of anilines is 3. The fraction of sp³-hybridized carbons (Fsp3) is 0.296. The molecule has 9 nitrogen and oxygen atoms in total. The Hall–Kier alpha value is -4.16. The molecule has 206 valence electrons. The number of aromatic nitrogens is 2. The molecule has 4 N–H and O–H groups in total. The van der Waals surface area contributed by atoms with Gasteiger partial charge in [-0.05, 0) is 49.9 Å². The number of piperazine rings is 1. The zero-order valence-corrected chi connectivity index (χ0v) is 22.0. The van der Waals surface area contributed by atoms with E-state index in [4.69, 9.17) is 5.84 Å². The first-order valence-corrected chi connectivity index (χ1v) is 12.3. The Morgan fingerprint density at radius 1 is 1.05 bits per heavy atom. The largest absolute Gasteiger partial charge is 0.416 e. The predicted molar refractivity (Wildman–Crippen MR) is 146 cm³/mol. The van der Waals surface area contributed by atoms with Gasteiger partial charge in [0.2, 0.25) is 0 Å². The highest BCUT2D eigenvalue weighted by atomic mass is 19.4. The molecule has 1 aliphatic rings. The SMILES string of the molecule is CN/C(=C\N(N)c1cc(NC(=O)c2cc(N3CCN(C)CC3)cc(C(F)(F)F)c2)ccc1C)c1cncnc1. The zero-order chi connectivity index (χ0) is 28.2. The molecule has 39 heavy (non-hydrogen) atoms. The molecule has 0 aliphatic carbocycles. The van der Waals surface area contributed by atoms with Gasteiger partial charge in [0, 0.05) is 74.3 Å². The van der Waals surface area contributed by atoms with Crippen molar-refractivity contribution in [2.45, 2.75) is 13.1 Å². The second-order valence-electron chi connectivity index (χ2n) is 9.34. The second-order valence-corrected chi connectivity index (χ2v) is 9.34. The van der Waals surface area contributed by atoms with Crippen LogP contribution in [0.25, 0.3) is 5.70 Å². The number of hydrogen-bond acceptors (Lipinski definition) is 8. The highest BCUT2D eigenvalue weighted by molar-refractivity contribution is 6.05. The first-order chi connectivity index (χ1) is 18.5. The molecule has 2 heterocycles. The molecule has 3 aromatic rings. The van der Waals surface area contributed by atoms with E-state index in [0.717, 1.165) is 36.3 Å². The van der Waals surface area contributed by atoms with Gasteiger partial charge in [0.05, 0.1) is 16.9 Å². The topological polar surface area (TPSA) is 103 Å². The van der Waals surface area contributed by atoms with Crippen LogP contribution in [0.2, 0.25) is 0 Å². The number of carbonyl (C=O) groups excluding carboxylic acids is 1. The number of hydrazine groups is 1. The number of nitrogens with two attached hydrogens (primary N) is 1. The maximum atomic E-state index is 13.7. The Morgan fingerprint density at radius 2 is 1.74 bits per heavy atom. The lowest BCUT2D eigenvalue weighted by Gasteiger charge is -2.34. The van der Waals surface area contributed by atoms with Gasteiger partial charge in [-0.15, -0.1) is 0 Å². The third kappa shape index (κ3) is 6.84. The van der Waals surface area contributed by atoms with Gasteiger partial charge < -0.3 is 20.4 Å². The van der Waals surface area contributed by atoms with Gasteiger partial charge in [0.25, 0.3) is 5.91 Å². The average Bonchev–Trinajstić information content (AvgIpc) is 2.92. The molecule has 1 aliphatic heterocycles. The highest BCUT2D eigenvalue weighted by Crippen LogP contribution is 2.34. The number of carbonyl (C=O) groups is 1. The molecule has 0 saturated carbocycles. The van der Waals surface area contributed by atoms with Crippen LogP contribution in [0.5, 0.6) is 0 Å². The number of nitrogens with zero attached hydrogens (tertiary/aromatic N) is 5. The lowest BCUT2D eigenvalue weighted by Crippen LogP contribution is -2.44. The van der Waals surface area contributed by atoms with E-state index in [1.54, 1.807) is 43.8 Å². The molecule has 2 aromatic carbocycles. The molecule has 0 bridgehead atoms. The molecule has 1 saturated heterocycles. The molecule has 1 aromatic heterocycles. The quantitative estimate of drug-likeness (QED) is 0.308. The van der Waals surface area contributed by atoms with E-state index in [2.05, 4.69) is 25.5 Å². The maximum absolute atomic E-state index is 13.7.